The molecule has 3 aromatic rings. The van der Waals surface area contributed by atoms with Gasteiger partial charge in [0.15, 0.2) is 5.82 Å². The number of pyridine rings is 1. The molecular weight excluding hydrogens is 226 g/mol. The molecule has 0 aromatic carbocycles. The Morgan fingerprint density at radius 2 is 2.11 bits per heavy atom. The van der Waals surface area contributed by atoms with Crippen LogP contribution in [0.3, 0.4) is 0 Å². The normalized spacial score (nSPS) is 11.1. The third kappa shape index (κ3) is 1.55. The lowest BCUT2D eigenvalue weighted by atomic mass is 10.2. The van der Waals surface area contributed by atoms with E-state index in [1.165, 1.54) is 0 Å². The fraction of sp³-hybridized carbons (Fsp3) is 0.231. The Labute approximate surface area is 105 Å². The third-order valence-corrected chi connectivity index (χ3v) is 3.27. The molecule has 0 unspecified atom stereocenters. The minimum absolute atomic E-state index is 0.865. The molecule has 0 aliphatic carbocycles. The Kier molecular flexibility index (Phi) is 2.33. The highest BCUT2D eigenvalue weighted by atomic mass is 15.2. The van der Waals surface area contributed by atoms with Crippen molar-refractivity contribution >= 4 is 22.5 Å². The van der Waals surface area contributed by atoms with Gasteiger partial charge in [-0.2, -0.15) is 5.10 Å². The van der Waals surface area contributed by atoms with Crippen LogP contribution < -0.4 is 5.32 Å². The zero-order valence-electron chi connectivity index (χ0n) is 10.7. The monoisotopic (exact) mass is 241 g/mol. The largest absolute Gasteiger partial charge is 0.338 e. The van der Waals surface area contributed by atoms with Crippen LogP contribution >= 0.6 is 0 Å². The van der Waals surface area contributed by atoms with Crippen molar-refractivity contribution in [1.29, 1.82) is 0 Å². The zero-order chi connectivity index (χ0) is 12.7. The van der Waals surface area contributed by atoms with Crippen molar-refractivity contribution in [2.75, 3.05) is 5.32 Å². The van der Waals surface area contributed by atoms with Crippen LogP contribution in [0.4, 0.5) is 11.5 Å². The molecule has 0 aliphatic rings. The Bertz CT molecular complexity index is 707. The summed E-state index contributed by atoms with van der Waals surface area (Å²) in [5.74, 6) is 0.865. The molecule has 3 heterocycles. The van der Waals surface area contributed by atoms with Crippen molar-refractivity contribution in [3.63, 3.8) is 0 Å². The average Bonchev–Trinajstić information content (AvgIpc) is 2.89. The molecule has 0 fully saturated rings. The summed E-state index contributed by atoms with van der Waals surface area (Å²) in [5, 5.41) is 11.7. The second kappa shape index (κ2) is 3.87. The van der Waals surface area contributed by atoms with Gasteiger partial charge in [-0.15, -0.1) is 0 Å². The second-order valence-electron chi connectivity index (χ2n) is 4.47. The zero-order valence-corrected chi connectivity index (χ0v) is 10.7. The maximum Gasteiger partial charge on any atom is 0.155 e. The number of hydrogen-bond donors (Lipinski definition) is 2. The van der Waals surface area contributed by atoms with E-state index >= 15 is 0 Å². The molecule has 0 amide bonds. The van der Waals surface area contributed by atoms with Gasteiger partial charge in [0.2, 0.25) is 0 Å². The first-order valence-corrected chi connectivity index (χ1v) is 5.85. The molecule has 0 saturated heterocycles. The molecule has 92 valence electrons. The lowest BCUT2D eigenvalue weighted by Gasteiger charge is -2.06. The molecule has 5 nitrogen and oxygen atoms in total. The summed E-state index contributed by atoms with van der Waals surface area (Å²) in [4.78, 5) is 4.37. The third-order valence-electron chi connectivity index (χ3n) is 3.27. The summed E-state index contributed by atoms with van der Waals surface area (Å²) in [5.41, 5.74) is 4.20. The van der Waals surface area contributed by atoms with Crippen LogP contribution in [-0.2, 0) is 7.05 Å². The van der Waals surface area contributed by atoms with Gasteiger partial charge in [-0.05, 0) is 26.0 Å². The van der Waals surface area contributed by atoms with Crippen molar-refractivity contribution in [3.8, 4) is 0 Å². The number of nitrogens with one attached hydrogen (secondary N) is 2. The predicted octanol–water partition coefficient (Wildman–Crippen LogP) is 2.66. The fourth-order valence-corrected chi connectivity index (χ4v) is 2.01. The number of H-pyrrole nitrogens is 1. The van der Waals surface area contributed by atoms with E-state index in [1.807, 2.05) is 37.7 Å². The van der Waals surface area contributed by atoms with Gasteiger partial charge in [-0.3, -0.25) is 5.10 Å². The highest BCUT2D eigenvalue weighted by molar-refractivity contribution is 5.91. The number of hydrogen-bond acceptors (Lipinski definition) is 3. The molecule has 0 radical (unpaired) electrons. The van der Waals surface area contributed by atoms with Crippen molar-refractivity contribution in [2.45, 2.75) is 13.8 Å². The van der Waals surface area contributed by atoms with E-state index in [0.717, 1.165) is 33.8 Å². The van der Waals surface area contributed by atoms with Gasteiger partial charge in [0, 0.05) is 36.1 Å². The smallest absolute Gasteiger partial charge is 0.155 e. The van der Waals surface area contributed by atoms with Gasteiger partial charge >= 0.3 is 0 Å². The molecule has 0 atom stereocenters. The standard InChI is InChI=1S/C13H15N5/c1-8-9(2)16-17-12(8)15-11-4-6-14-13-10(11)5-7-18(13)3/h4-7H,1-3H3,(H2,14,15,16,17). The van der Waals surface area contributed by atoms with Gasteiger partial charge in [0.05, 0.1) is 5.69 Å². The highest BCUT2D eigenvalue weighted by Crippen LogP contribution is 2.26. The fourth-order valence-electron chi connectivity index (χ4n) is 2.01. The average molecular weight is 241 g/mol. The van der Waals surface area contributed by atoms with Crippen molar-refractivity contribution < 1.29 is 0 Å². The van der Waals surface area contributed by atoms with Crippen LogP contribution in [0.25, 0.3) is 11.0 Å². The number of aromatic amines is 1. The predicted molar refractivity (Wildman–Crippen MR) is 72.1 cm³/mol. The number of aryl methyl sites for hydroxylation is 2. The summed E-state index contributed by atoms with van der Waals surface area (Å²) >= 11 is 0. The summed E-state index contributed by atoms with van der Waals surface area (Å²) in [6, 6.07) is 4.02. The lowest BCUT2D eigenvalue weighted by molar-refractivity contribution is 0.948. The van der Waals surface area contributed by atoms with E-state index in [2.05, 4.69) is 26.6 Å². The summed E-state index contributed by atoms with van der Waals surface area (Å²) < 4.78 is 2.00. The van der Waals surface area contributed by atoms with E-state index in [0.29, 0.717) is 0 Å². The number of aromatic nitrogens is 4. The Morgan fingerprint density at radius 3 is 2.83 bits per heavy atom. The molecule has 5 heteroatoms. The number of rotatable bonds is 2. The first kappa shape index (κ1) is 10.8. The molecular formula is C13H15N5. The van der Waals surface area contributed by atoms with Gasteiger partial charge in [-0.1, -0.05) is 0 Å². The minimum Gasteiger partial charge on any atom is -0.338 e. The number of anilines is 2. The van der Waals surface area contributed by atoms with Crippen LogP contribution in [0.1, 0.15) is 11.3 Å². The van der Waals surface area contributed by atoms with Gasteiger partial charge in [0.25, 0.3) is 0 Å². The van der Waals surface area contributed by atoms with Crippen LogP contribution in [0.15, 0.2) is 24.5 Å². The van der Waals surface area contributed by atoms with Crippen LogP contribution in [0.2, 0.25) is 0 Å². The molecule has 0 saturated carbocycles. The summed E-state index contributed by atoms with van der Waals surface area (Å²) in [6.07, 6.45) is 3.81. The van der Waals surface area contributed by atoms with E-state index in [4.69, 9.17) is 0 Å². The second-order valence-corrected chi connectivity index (χ2v) is 4.47. The molecule has 3 aromatic heterocycles. The molecule has 18 heavy (non-hydrogen) atoms. The van der Waals surface area contributed by atoms with Crippen molar-refractivity contribution in [2.24, 2.45) is 7.05 Å². The van der Waals surface area contributed by atoms with Crippen LogP contribution in [0, 0.1) is 13.8 Å². The summed E-state index contributed by atoms with van der Waals surface area (Å²) in [6.45, 7) is 4.06. The molecule has 0 aliphatic heterocycles. The quantitative estimate of drug-likeness (QED) is 0.725. The Morgan fingerprint density at radius 1 is 1.28 bits per heavy atom. The van der Waals surface area contributed by atoms with E-state index in [9.17, 15) is 0 Å². The molecule has 2 N–H and O–H groups in total. The highest BCUT2D eigenvalue weighted by Gasteiger charge is 2.09. The van der Waals surface area contributed by atoms with Gasteiger partial charge in [-0.25, -0.2) is 4.98 Å². The Hall–Kier alpha value is -2.30. The van der Waals surface area contributed by atoms with Crippen LogP contribution in [0.5, 0.6) is 0 Å². The van der Waals surface area contributed by atoms with Crippen molar-refractivity contribution in [3.05, 3.63) is 35.8 Å². The number of fused-ring (bicyclic) bond motifs is 1. The Balaban J connectivity index is 2.07. The van der Waals surface area contributed by atoms with Crippen molar-refractivity contribution in [1.82, 2.24) is 19.7 Å². The summed E-state index contributed by atoms with van der Waals surface area (Å²) in [7, 11) is 1.99. The lowest BCUT2D eigenvalue weighted by Crippen LogP contribution is -1.95. The first-order valence-electron chi connectivity index (χ1n) is 5.85. The SMILES string of the molecule is Cc1[nH]nc(Nc2ccnc3c2ccn3C)c1C. The number of nitrogens with zero attached hydrogens (tertiary/aromatic N) is 3. The topological polar surface area (TPSA) is 58.5 Å². The van der Waals surface area contributed by atoms with E-state index in [1.54, 1.807) is 6.20 Å². The molecule has 0 bridgehead atoms. The minimum atomic E-state index is 0.865. The molecule has 0 spiro atoms. The van der Waals surface area contributed by atoms with Gasteiger partial charge in [0.1, 0.15) is 5.65 Å². The van der Waals surface area contributed by atoms with E-state index in [-0.39, 0.29) is 0 Å². The van der Waals surface area contributed by atoms with Gasteiger partial charge < -0.3 is 9.88 Å². The maximum atomic E-state index is 4.37. The molecule has 3 rings (SSSR count). The van der Waals surface area contributed by atoms with Crippen LogP contribution in [-0.4, -0.2) is 19.7 Å². The van der Waals surface area contributed by atoms with E-state index < -0.39 is 0 Å². The first-order chi connectivity index (χ1) is 8.66. The maximum absolute atomic E-state index is 4.37.